The second-order valence-corrected chi connectivity index (χ2v) is 4.79. The molecule has 2 aromatic carbocycles. The predicted octanol–water partition coefficient (Wildman–Crippen LogP) is 3.82. The number of pyridine rings is 1. The minimum atomic E-state index is -0.434. The Kier molecular flexibility index (Phi) is 3.02. The molecular weight excluding hydrogens is 268 g/mol. The Morgan fingerprint density at radius 2 is 1.95 bits per heavy atom. The summed E-state index contributed by atoms with van der Waals surface area (Å²) in [6.45, 7) is 1.76. The molecule has 1 heterocycles. The molecule has 0 aliphatic carbocycles. The van der Waals surface area contributed by atoms with Crippen molar-refractivity contribution in [2.24, 2.45) is 0 Å². The summed E-state index contributed by atoms with van der Waals surface area (Å²) >= 11 is 0. The van der Waals surface area contributed by atoms with E-state index in [1.165, 1.54) is 6.20 Å². The molecule has 0 atom stereocenters. The number of hydrogen-bond acceptors (Lipinski definition) is 4. The van der Waals surface area contributed by atoms with Crippen molar-refractivity contribution >= 4 is 16.6 Å². The minimum Gasteiger partial charge on any atom is -0.508 e. The number of phenols is 1. The zero-order valence-electron chi connectivity index (χ0n) is 11.3. The molecule has 0 bridgehead atoms. The Bertz CT molecular complexity index is 859. The molecule has 0 radical (unpaired) electrons. The van der Waals surface area contributed by atoms with E-state index < -0.39 is 4.92 Å². The minimum absolute atomic E-state index is 0.0428. The van der Waals surface area contributed by atoms with Gasteiger partial charge in [0.2, 0.25) is 0 Å². The Balaban J connectivity index is 2.40. The number of fused-ring (bicyclic) bond motifs is 1. The fourth-order valence-electron chi connectivity index (χ4n) is 2.38. The summed E-state index contributed by atoms with van der Waals surface area (Å²) < 4.78 is 0. The summed E-state index contributed by atoms with van der Waals surface area (Å²) in [5.41, 5.74) is 2.54. The van der Waals surface area contributed by atoms with Gasteiger partial charge < -0.3 is 5.11 Å². The quantitative estimate of drug-likeness (QED) is 0.571. The molecule has 5 heteroatoms. The highest BCUT2D eigenvalue weighted by Crippen LogP contribution is 2.37. The van der Waals surface area contributed by atoms with Crippen LogP contribution in [0, 0.1) is 17.0 Å². The maximum atomic E-state index is 11.3. The van der Waals surface area contributed by atoms with Crippen molar-refractivity contribution in [3.63, 3.8) is 0 Å². The Morgan fingerprint density at radius 3 is 2.67 bits per heavy atom. The second-order valence-electron chi connectivity index (χ2n) is 4.79. The first-order chi connectivity index (χ1) is 10.1. The number of aromatic nitrogens is 1. The van der Waals surface area contributed by atoms with Crippen LogP contribution in [0.2, 0.25) is 0 Å². The molecule has 5 nitrogen and oxygen atoms in total. The number of aryl methyl sites for hydroxylation is 1. The predicted molar refractivity (Wildman–Crippen MR) is 80.2 cm³/mol. The molecule has 0 saturated carbocycles. The van der Waals surface area contributed by atoms with Gasteiger partial charge in [0.15, 0.2) is 0 Å². The summed E-state index contributed by atoms with van der Waals surface area (Å²) in [6.07, 6.45) is 1.28. The van der Waals surface area contributed by atoms with Crippen LogP contribution in [0.15, 0.2) is 48.7 Å². The molecule has 0 spiro atoms. The number of nitro groups is 1. The van der Waals surface area contributed by atoms with E-state index in [0.29, 0.717) is 22.2 Å². The molecule has 3 aromatic rings. The van der Waals surface area contributed by atoms with Crippen LogP contribution in [0.25, 0.3) is 22.0 Å². The standard InChI is InChI=1S/C16H12N2O3/c1-10-8-11(6-7-15(10)19)16-12-4-2-3-5-13(12)17-9-14(16)18(20)21/h2-9,19H,1H3. The van der Waals surface area contributed by atoms with Gasteiger partial charge in [-0.3, -0.25) is 10.1 Å². The third-order valence-electron chi connectivity index (χ3n) is 3.44. The second kappa shape index (κ2) is 4.86. The van der Waals surface area contributed by atoms with Crippen molar-refractivity contribution in [2.45, 2.75) is 6.92 Å². The average molecular weight is 280 g/mol. The summed E-state index contributed by atoms with van der Waals surface area (Å²) in [5, 5.41) is 21.7. The van der Waals surface area contributed by atoms with Crippen LogP contribution in [0.5, 0.6) is 5.75 Å². The third-order valence-corrected chi connectivity index (χ3v) is 3.44. The first-order valence-corrected chi connectivity index (χ1v) is 6.40. The van der Waals surface area contributed by atoms with Crippen LogP contribution >= 0.6 is 0 Å². The van der Waals surface area contributed by atoms with Gasteiger partial charge >= 0.3 is 0 Å². The lowest BCUT2D eigenvalue weighted by Gasteiger charge is -2.09. The summed E-state index contributed by atoms with van der Waals surface area (Å²) in [4.78, 5) is 15.0. The summed E-state index contributed by atoms with van der Waals surface area (Å²) in [5.74, 6) is 0.166. The van der Waals surface area contributed by atoms with Gasteiger partial charge in [-0.1, -0.05) is 24.3 Å². The monoisotopic (exact) mass is 280 g/mol. The van der Waals surface area contributed by atoms with Crippen LogP contribution < -0.4 is 0 Å². The molecule has 1 N–H and O–H groups in total. The number of hydrogen-bond donors (Lipinski definition) is 1. The normalized spacial score (nSPS) is 10.7. The molecule has 0 aliphatic rings. The highest BCUT2D eigenvalue weighted by Gasteiger charge is 2.19. The smallest absolute Gasteiger partial charge is 0.295 e. The van der Waals surface area contributed by atoms with Crippen LogP contribution in [0.3, 0.4) is 0 Å². The maximum Gasteiger partial charge on any atom is 0.295 e. The average Bonchev–Trinajstić information content (AvgIpc) is 2.49. The summed E-state index contributed by atoms with van der Waals surface area (Å²) in [6, 6.07) is 12.3. The molecule has 0 unspecified atom stereocenters. The van der Waals surface area contributed by atoms with Crippen molar-refractivity contribution in [1.82, 2.24) is 4.98 Å². The largest absolute Gasteiger partial charge is 0.508 e. The van der Waals surface area contributed by atoms with Crippen LogP contribution in [0.1, 0.15) is 5.56 Å². The molecule has 1 aromatic heterocycles. The highest BCUT2D eigenvalue weighted by molar-refractivity contribution is 5.99. The fourth-order valence-corrected chi connectivity index (χ4v) is 2.38. The molecule has 0 fully saturated rings. The van der Waals surface area contributed by atoms with Crippen molar-refractivity contribution in [1.29, 1.82) is 0 Å². The van der Waals surface area contributed by atoms with E-state index >= 15 is 0 Å². The van der Waals surface area contributed by atoms with Gasteiger partial charge in [-0.25, -0.2) is 4.98 Å². The van der Waals surface area contributed by atoms with Crippen molar-refractivity contribution in [3.8, 4) is 16.9 Å². The molecule has 0 saturated heterocycles. The van der Waals surface area contributed by atoms with Gasteiger partial charge in [0.05, 0.1) is 16.0 Å². The third kappa shape index (κ3) is 2.18. The highest BCUT2D eigenvalue weighted by atomic mass is 16.6. The number of aromatic hydroxyl groups is 1. The van der Waals surface area contributed by atoms with E-state index in [1.807, 2.05) is 24.3 Å². The molecule has 104 valence electrons. The van der Waals surface area contributed by atoms with Gasteiger partial charge in [-0.05, 0) is 36.2 Å². The van der Waals surface area contributed by atoms with Gasteiger partial charge in [-0.15, -0.1) is 0 Å². The molecular formula is C16H12N2O3. The van der Waals surface area contributed by atoms with Crippen LogP contribution in [-0.2, 0) is 0 Å². The van der Waals surface area contributed by atoms with E-state index in [-0.39, 0.29) is 11.4 Å². The van der Waals surface area contributed by atoms with Crippen LogP contribution in [-0.4, -0.2) is 15.0 Å². The van der Waals surface area contributed by atoms with E-state index in [0.717, 1.165) is 5.39 Å². The van der Waals surface area contributed by atoms with E-state index in [4.69, 9.17) is 0 Å². The zero-order valence-corrected chi connectivity index (χ0v) is 11.3. The van der Waals surface area contributed by atoms with Gasteiger partial charge in [0.25, 0.3) is 5.69 Å². The van der Waals surface area contributed by atoms with E-state index in [1.54, 1.807) is 25.1 Å². The molecule has 3 rings (SSSR count). The van der Waals surface area contributed by atoms with E-state index in [9.17, 15) is 15.2 Å². The number of phenolic OH excluding ortho intramolecular Hbond substituents is 1. The van der Waals surface area contributed by atoms with Gasteiger partial charge in [-0.2, -0.15) is 0 Å². The number of nitrogens with zero attached hydrogens (tertiary/aromatic N) is 2. The van der Waals surface area contributed by atoms with E-state index in [2.05, 4.69) is 4.98 Å². The lowest BCUT2D eigenvalue weighted by Crippen LogP contribution is -1.95. The Labute approximate surface area is 120 Å². The Hall–Kier alpha value is -2.95. The first-order valence-electron chi connectivity index (χ1n) is 6.40. The topological polar surface area (TPSA) is 76.3 Å². The lowest BCUT2D eigenvalue weighted by atomic mass is 9.98. The van der Waals surface area contributed by atoms with Crippen molar-refractivity contribution in [3.05, 3.63) is 64.3 Å². The molecule has 0 amide bonds. The zero-order chi connectivity index (χ0) is 15.0. The van der Waals surface area contributed by atoms with Gasteiger partial charge in [0.1, 0.15) is 11.9 Å². The maximum absolute atomic E-state index is 11.3. The number of benzene rings is 2. The first kappa shape index (κ1) is 13.1. The fraction of sp³-hybridized carbons (Fsp3) is 0.0625. The summed E-state index contributed by atoms with van der Waals surface area (Å²) in [7, 11) is 0. The molecule has 21 heavy (non-hydrogen) atoms. The lowest BCUT2D eigenvalue weighted by molar-refractivity contribution is -0.384. The Morgan fingerprint density at radius 1 is 1.19 bits per heavy atom. The SMILES string of the molecule is Cc1cc(-c2c([N+](=O)[O-])cnc3ccccc23)ccc1O. The van der Waals surface area contributed by atoms with Gasteiger partial charge in [0, 0.05) is 5.39 Å². The number of para-hydroxylation sites is 1. The van der Waals surface area contributed by atoms with Crippen molar-refractivity contribution in [2.75, 3.05) is 0 Å². The van der Waals surface area contributed by atoms with Crippen molar-refractivity contribution < 1.29 is 10.0 Å². The number of rotatable bonds is 2. The van der Waals surface area contributed by atoms with Crippen LogP contribution in [0.4, 0.5) is 5.69 Å². The molecule has 0 aliphatic heterocycles.